The molecule has 1 unspecified atom stereocenters. The average molecular weight is 424 g/mol. The lowest BCUT2D eigenvalue weighted by molar-refractivity contribution is -0.142. The lowest BCUT2D eigenvalue weighted by Crippen LogP contribution is -2.47. The van der Waals surface area contributed by atoms with Crippen molar-refractivity contribution in [2.24, 2.45) is 5.92 Å². The van der Waals surface area contributed by atoms with Crippen molar-refractivity contribution in [3.63, 3.8) is 0 Å². The van der Waals surface area contributed by atoms with Gasteiger partial charge in [-0.15, -0.1) is 11.3 Å². The molecule has 2 amide bonds. The summed E-state index contributed by atoms with van der Waals surface area (Å²) >= 11 is 7.04. The van der Waals surface area contributed by atoms with E-state index >= 15 is 0 Å². The second-order valence-electron chi connectivity index (χ2n) is 6.32. The molecule has 0 radical (unpaired) electrons. The predicted molar refractivity (Wildman–Crippen MR) is 109 cm³/mol. The van der Waals surface area contributed by atoms with Crippen LogP contribution in [0.3, 0.4) is 0 Å². The summed E-state index contributed by atoms with van der Waals surface area (Å²) in [6.07, 6.45) is 0.0428. The van der Waals surface area contributed by atoms with Gasteiger partial charge in [-0.2, -0.15) is 0 Å². The van der Waals surface area contributed by atoms with Crippen LogP contribution >= 0.6 is 22.9 Å². The molecule has 0 spiro atoms. The molecule has 0 bridgehead atoms. The fraction of sp³-hybridized carbons (Fsp3) is 0.368. The number of hydrogen-bond acceptors (Lipinski definition) is 6. The van der Waals surface area contributed by atoms with Gasteiger partial charge in [0.25, 0.3) is 5.91 Å². The molecule has 2 N–H and O–H groups in total. The highest BCUT2D eigenvalue weighted by atomic mass is 35.5. The number of anilines is 1. The molecule has 0 saturated heterocycles. The first-order valence-corrected chi connectivity index (χ1v) is 10.0. The van der Waals surface area contributed by atoms with Gasteiger partial charge in [-0.05, 0) is 37.1 Å². The molecule has 0 aliphatic rings. The molecule has 0 fully saturated rings. The quantitative estimate of drug-likeness (QED) is 0.635. The number of esters is 1. The molecule has 0 aliphatic heterocycles. The molecule has 2 rings (SSSR count). The Kier molecular flexibility index (Phi) is 7.95. The number of nitrogens with one attached hydrogen (secondary N) is 2. The van der Waals surface area contributed by atoms with Crippen molar-refractivity contribution < 1.29 is 19.1 Å². The van der Waals surface area contributed by atoms with Crippen LogP contribution < -0.4 is 10.6 Å². The van der Waals surface area contributed by atoms with Crippen LogP contribution in [0.15, 0.2) is 29.6 Å². The van der Waals surface area contributed by atoms with Crippen molar-refractivity contribution in [3.05, 3.63) is 45.9 Å². The molecular weight excluding hydrogens is 402 g/mol. The van der Waals surface area contributed by atoms with Gasteiger partial charge in [-0.1, -0.05) is 25.4 Å². The Morgan fingerprint density at radius 2 is 1.89 bits per heavy atom. The molecule has 28 heavy (non-hydrogen) atoms. The summed E-state index contributed by atoms with van der Waals surface area (Å²) in [6, 6.07) is 5.66. The largest absolute Gasteiger partial charge is 0.466 e. The number of benzene rings is 1. The number of carbonyl (C=O) groups is 3. The Balaban J connectivity index is 2.01. The number of aromatic nitrogens is 1. The number of amides is 2. The zero-order valence-corrected chi connectivity index (χ0v) is 17.4. The van der Waals surface area contributed by atoms with Gasteiger partial charge in [0, 0.05) is 16.0 Å². The summed E-state index contributed by atoms with van der Waals surface area (Å²) in [5, 5.41) is 8.00. The number of carbonyl (C=O) groups excluding carboxylic acids is 3. The monoisotopic (exact) mass is 423 g/mol. The molecule has 1 aromatic heterocycles. The number of nitrogens with zero attached hydrogens (tertiary/aromatic N) is 1. The molecular formula is C19H22ClN3O4S. The molecule has 7 nitrogen and oxygen atoms in total. The maximum Gasteiger partial charge on any atom is 0.311 e. The topological polar surface area (TPSA) is 97.4 Å². The van der Waals surface area contributed by atoms with Crippen LogP contribution in [0.2, 0.25) is 5.02 Å². The molecule has 1 aromatic carbocycles. The number of ether oxygens (including phenoxy) is 1. The Morgan fingerprint density at radius 1 is 1.21 bits per heavy atom. The van der Waals surface area contributed by atoms with Crippen LogP contribution in [0.5, 0.6) is 0 Å². The van der Waals surface area contributed by atoms with E-state index in [-0.39, 0.29) is 30.1 Å². The van der Waals surface area contributed by atoms with E-state index < -0.39 is 6.04 Å². The normalized spacial score (nSPS) is 11.8. The molecule has 0 aliphatic carbocycles. The minimum Gasteiger partial charge on any atom is -0.466 e. The van der Waals surface area contributed by atoms with Crippen molar-refractivity contribution in [1.82, 2.24) is 10.3 Å². The summed E-state index contributed by atoms with van der Waals surface area (Å²) in [7, 11) is 0. The van der Waals surface area contributed by atoms with E-state index in [4.69, 9.17) is 16.3 Å². The smallest absolute Gasteiger partial charge is 0.311 e. The highest BCUT2D eigenvalue weighted by Crippen LogP contribution is 2.18. The Labute approximate surface area is 172 Å². The molecule has 2 aromatic rings. The van der Waals surface area contributed by atoms with E-state index in [0.29, 0.717) is 28.0 Å². The highest BCUT2D eigenvalue weighted by Gasteiger charge is 2.25. The molecule has 0 saturated carbocycles. The summed E-state index contributed by atoms with van der Waals surface area (Å²) < 4.78 is 4.88. The van der Waals surface area contributed by atoms with Gasteiger partial charge in [-0.3, -0.25) is 14.4 Å². The van der Waals surface area contributed by atoms with Gasteiger partial charge in [0.05, 0.1) is 18.7 Å². The van der Waals surface area contributed by atoms with E-state index in [1.54, 1.807) is 36.6 Å². The van der Waals surface area contributed by atoms with Gasteiger partial charge in [0.1, 0.15) is 6.04 Å². The summed E-state index contributed by atoms with van der Waals surface area (Å²) in [4.78, 5) is 40.8. The first-order valence-electron chi connectivity index (χ1n) is 8.77. The number of rotatable bonds is 8. The molecule has 150 valence electrons. The van der Waals surface area contributed by atoms with E-state index in [2.05, 4.69) is 15.6 Å². The number of hydrogen-bond donors (Lipinski definition) is 2. The number of thiazole rings is 1. The summed E-state index contributed by atoms with van der Waals surface area (Å²) in [6.45, 7) is 5.70. The van der Waals surface area contributed by atoms with E-state index in [0.717, 1.165) is 0 Å². The zero-order chi connectivity index (χ0) is 20.7. The minimum absolute atomic E-state index is 0.0428. The highest BCUT2D eigenvalue weighted by molar-refractivity contribution is 7.13. The van der Waals surface area contributed by atoms with Gasteiger partial charge in [-0.25, -0.2) is 4.98 Å². The minimum atomic E-state index is -0.749. The van der Waals surface area contributed by atoms with Crippen LogP contribution in [-0.2, 0) is 20.7 Å². The van der Waals surface area contributed by atoms with Crippen LogP contribution in [0, 0.1) is 5.92 Å². The maximum absolute atomic E-state index is 12.6. The Hall–Kier alpha value is -2.45. The van der Waals surface area contributed by atoms with Crippen molar-refractivity contribution in [2.75, 3.05) is 11.9 Å². The van der Waals surface area contributed by atoms with Crippen LogP contribution in [0.1, 0.15) is 36.8 Å². The zero-order valence-electron chi connectivity index (χ0n) is 15.8. The van der Waals surface area contributed by atoms with Crippen molar-refractivity contribution in [3.8, 4) is 0 Å². The third kappa shape index (κ3) is 6.31. The fourth-order valence-electron chi connectivity index (χ4n) is 2.35. The van der Waals surface area contributed by atoms with Crippen LogP contribution in [0.4, 0.5) is 5.13 Å². The maximum atomic E-state index is 12.6. The fourth-order valence-corrected chi connectivity index (χ4v) is 3.19. The average Bonchev–Trinajstić information content (AvgIpc) is 3.06. The SMILES string of the molecule is CCOC(=O)Cc1csc(NC(=O)C(NC(=O)c2ccc(Cl)cc2)C(C)C)n1. The van der Waals surface area contributed by atoms with Gasteiger partial charge >= 0.3 is 5.97 Å². The third-order valence-electron chi connectivity index (χ3n) is 3.75. The first-order chi connectivity index (χ1) is 13.3. The number of halogens is 1. The predicted octanol–water partition coefficient (Wildman–Crippen LogP) is 3.30. The molecule has 1 atom stereocenters. The Morgan fingerprint density at radius 3 is 2.50 bits per heavy atom. The third-order valence-corrected chi connectivity index (χ3v) is 4.81. The summed E-state index contributed by atoms with van der Waals surface area (Å²) in [5.74, 6) is -1.27. The van der Waals surface area contributed by atoms with Crippen molar-refractivity contribution in [1.29, 1.82) is 0 Å². The van der Waals surface area contributed by atoms with E-state index in [1.165, 1.54) is 11.3 Å². The van der Waals surface area contributed by atoms with Gasteiger partial charge in [0.2, 0.25) is 5.91 Å². The first kappa shape index (κ1) is 21.8. The van der Waals surface area contributed by atoms with Gasteiger partial charge in [0.15, 0.2) is 5.13 Å². The summed E-state index contributed by atoms with van der Waals surface area (Å²) in [5.41, 5.74) is 0.930. The molecule has 1 heterocycles. The lowest BCUT2D eigenvalue weighted by atomic mass is 10.0. The molecule has 9 heteroatoms. The van der Waals surface area contributed by atoms with Crippen LogP contribution in [-0.4, -0.2) is 35.4 Å². The van der Waals surface area contributed by atoms with Gasteiger partial charge < -0.3 is 15.4 Å². The van der Waals surface area contributed by atoms with E-state index in [1.807, 2.05) is 13.8 Å². The second-order valence-corrected chi connectivity index (χ2v) is 7.61. The Bertz CT molecular complexity index is 836. The van der Waals surface area contributed by atoms with Crippen LogP contribution in [0.25, 0.3) is 0 Å². The lowest BCUT2D eigenvalue weighted by Gasteiger charge is -2.21. The standard InChI is InChI=1S/C19H22ClN3O4S/c1-4-27-15(24)9-14-10-28-19(21-14)23-18(26)16(11(2)3)22-17(25)12-5-7-13(20)8-6-12/h5-8,10-11,16H,4,9H2,1-3H3,(H,22,25)(H,21,23,26). The van der Waals surface area contributed by atoms with Crippen molar-refractivity contribution in [2.45, 2.75) is 33.2 Å². The second kappa shape index (κ2) is 10.2. The van der Waals surface area contributed by atoms with E-state index in [9.17, 15) is 14.4 Å². The van der Waals surface area contributed by atoms with Crippen molar-refractivity contribution >= 4 is 45.9 Å².